The third-order valence-corrected chi connectivity index (χ3v) is 4.83. The van der Waals surface area contributed by atoms with Crippen LogP contribution in [0.25, 0.3) is 11.1 Å². The van der Waals surface area contributed by atoms with E-state index in [1.54, 1.807) is 18.2 Å². The van der Waals surface area contributed by atoms with Gasteiger partial charge in [-0.05, 0) is 49.7 Å². The standard InChI is InChI=1S/C23H22ClN3O6/c1-13-22(14(2)33-27-13)15-5-4-6-17(9-15)25-20(28)11-32-12-21(29)26-19-8-7-16(24)10-18(19)23(30)31-3/h4-10H,11-12H2,1-3H3,(H,25,28)(H,26,29). The van der Waals surface area contributed by atoms with Gasteiger partial charge in [-0.1, -0.05) is 28.9 Å². The molecule has 9 nitrogen and oxygen atoms in total. The molecular formula is C23H22ClN3O6. The lowest BCUT2D eigenvalue weighted by molar-refractivity contribution is -0.125. The van der Waals surface area contributed by atoms with E-state index in [0.29, 0.717) is 16.5 Å². The summed E-state index contributed by atoms with van der Waals surface area (Å²) in [5, 5.41) is 9.52. The smallest absolute Gasteiger partial charge is 0.340 e. The number of halogens is 1. The van der Waals surface area contributed by atoms with Gasteiger partial charge in [0.2, 0.25) is 11.8 Å². The molecule has 0 aliphatic rings. The molecule has 0 bridgehead atoms. The molecule has 0 aliphatic heterocycles. The highest BCUT2D eigenvalue weighted by atomic mass is 35.5. The molecule has 0 fully saturated rings. The van der Waals surface area contributed by atoms with Crippen LogP contribution in [0.1, 0.15) is 21.8 Å². The zero-order valence-electron chi connectivity index (χ0n) is 18.2. The van der Waals surface area contributed by atoms with Crippen molar-refractivity contribution in [2.75, 3.05) is 31.0 Å². The summed E-state index contributed by atoms with van der Waals surface area (Å²) in [5.74, 6) is -0.940. The Bertz CT molecular complexity index is 1170. The van der Waals surface area contributed by atoms with Gasteiger partial charge in [-0.2, -0.15) is 0 Å². The van der Waals surface area contributed by atoms with E-state index < -0.39 is 24.4 Å². The number of anilines is 2. The van der Waals surface area contributed by atoms with Gasteiger partial charge in [-0.15, -0.1) is 0 Å². The van der Waals surface area contributed by atoms with E-state index in [0.717, 1.165) is 16.8 Å². The summed E-state index contributed by atoms with van der Waals surface area (Å²) >= 11 is 5.90. The molecule has 1 aromatic heterocycles. The number of nitrogens with zero attached hydrogens (tertiary/aromatic N) is 1. The first-order chi connectivity index (χ1) is 15.8. The molecule has 0 saturated heterocycles. The Morgan fingerprint density at radius 3 is 2.42 bits per heavy atom. The fourth-order valence-corrected chi connectivity index (χ4v) is 3.34. The van der Waals surface area contributed by atoms with Crippen LogP contribution in [-0.4, -0.2) is 43.3 Å². The summed E-state index contributed by atoms with van der Waals surface area (Å²) in [7, 11) is 1.22. The summed E-state index contributed by atoms with van der Waals surface area (Å²) < 4.78 is 15.1. The van der Waals surface area contributed by atoms with E-state index in [2.05, 4.69) is 20.5 Å². The van der Waals surface area contributed by atoms with Crippen LogP contribution in [0.5, 0.6) is 0 Å². The van der Waals surface area contributed by atoms with Crippen LogP contribution in [0.2, 0.25) is 5.02 Å². The molecule has 3 aromatic rings. The monoisotopic (exact) mass is 471 g/mol. The molecule has 0 atom stereocenters. The fourth-order valence-electron chi connectivity index (χ4n) is 3.17. The van der Waals surface area contributed by atoms with E-state index in [1.807, 2.05) is 19.9 Å². The van der Waals surface area contributed by atoms with Gasteiger partial charge in [0.05, 0.1) is 24.1 Å². The number of benzene rings is 2. The second-order valence-corrected chi connectivity index (χ2v) is 7.49. The number of esters is 1. The van der Waals surface area contributed by atoms with Crippen LogP contribution in [0.3, 0.4) is 0 Å². The van der Waals surface area contributed by atoms with Crippen LogP contribution in [-0.2, 0) is 19.1 Å². The SMILES string of the molecule is COC(=O)c1cc(Cl)ccc1NC(=O)COCC(=O)Nc1cccc(-c2c(C)noc2C)c1. The minimum absolute atomic E-state index is 0.106. The Labute approximate surface area is 195 Å². The maximum absolute atomic E-state index is 12.2. The molecule has 0 spiro atoms. The van der Waals surface area contributed by atoms with Crippen LogP contribution in [0, 0.1) is 13.8 Å². The lowest BCUT2D eigenvalue weighted by Gasteiger charge is -2.11. The summed E-state index contributed by atoms with van der Waals surface area (Å²) in [5.41, 5.74) is 3.37. The van der Waals surface area contributed by atoms with Gasteiger partial charge in [0.25, 0.3) is 0 Å². The Hall–Kier alpha value is -3.69. The zero-order valence-corrected chi connectivity index (χ0v) is 19.0. The first-order valence-electron chi connectivity index (χ1n) is 9.87. The molecule has 0 unspecified atom stereocenters. The Balaban J connectivity index is 1.53. The largest absolute Gasteiger partial charge is 0.465 e. The van der Waals surface area contributed by atoms with Gasteiger partial charge in [-0.3, -0.25) is 9.59 Å². The lowest BCUT2D eigenvalue weighted by Crippen LogP contribution is -2.24. The highest BCUT2D eigenvalue weighted by molar-refractivity contribution is 6.31. The molecule has 0 aliphatic carbocycles. The second kappa shape index (κ2) is 10.8. The van der Waals surface area contributed by atoms with Gasteiger partial charge in [-0.25, -0.2) is 4.79 Å². The minimum atomic E-state index is -0.646. The predicted octanol–water partition coefficient (Wildman–Crippen LogP) is 3.99. The number of rotatable bonds is 8. The van der Waals surface area contributed by atoms with Crippen molar-refractivity contribution >= 4 is 40.8 Å². The van der Waals surface area contributed by atoms with Crippen molar-refractivity contribution in [2.24, 2.45) is 0 Å². The predicted molar refractivity (Wildman–Crippen MR) is 122 cm³/mol. The maximum Gasteiger partial charge on any atom is 0.340 e. The van der Waals surface area contributed by atoms with Crippen molar-refractivity contribution in [3.63, 3.8) is 0 Å². The highest BCUT2D eigenvalue weighted by Crippen LogP contribution is 2.28. The molecule has 33 heavy (non-hydrogen) atoms. The van der Waals surface area contributed by atoms with Gasteiger partial charge < -0.3 is 24.6 Å². The van der Waals surface area contributed by atoms with Crippen LogP contribution in [0.4, 0.5) is 11.4 Å². The molecule has 2 amide bonds. The molecule has 0 saturated carbocycles. The summed E-state index contributed by atoms with van der Waals surface area (Å²) in [4.78, 5) is 36.3. The third kappa shape index (κ3) is 6.18. The topological polar surface area (TPSA) is 120 Å². The van der Waals surface area contributed by atoms with Crippen LogP contribution >= 0.6 is 11.6 Å². The van der Waals surface area contributed by atoms with Gasteiger partial charge in [0.15, 0.2) is 0 Å². The fraction of sp³-hybridized carbons (Fsp3) is 0.217. The summed E-state index contributed by atoms with van der Waals surface area (Å²) in [6, 6.07) is 11.6. The molecule has 2 aromatic carbocycles. The average molecular weight is 472 g/mol. The average Bonchev–Trinajstić information content (AvgIpc) is 3.12. The first kappa shape index (κ1) is 24.0. The maximum atomic E-state index is 12.2. The van der Waals surface area contributed by atoms with Crippen molar-refractivity contribution in [3.8, 4) is 11.1 Å². The molecule has 2 N–H and O–H groups in total. The van der Waals surface area contributed by atoms with E-state index >= 15 is 0 Å². The van der Waals surface area contributed by atoms with Gasteiger partial charge in [0, 0.05) is 16.3 Å². The number of carbonyl (C=O) groups is 3. The van der Waals surface area contributed by atoms with E-state index in [9.17, 15) is 14.4 Å². The molecule has 0 radical (unpaired) electrons. The number of aryl methyl sites for hydroxylation is 2. The number of methoxy groups -OCH3 is 1. The first-order valence-corrected chi connectivity index (χ1v) is 10.2. The Morgan fingerprint density at radius 1 is 1.03 bits per heavy atom. The summed E-state index contributed by atoms with van der Waals surface area (Å²) in [6.07, 6.45) is 0. The Kier molecular flexibility index (Phi) is 7.81. The van der Waals surface area contributed by atoms with Crippen LogP contribution < -0.4 is 10.6 Å². The number of nitrogens with one attached hydrogen (secondary N) is 2. The number of aromatic nitrogens is 1. The van der Waals surface area contributed by atoms with Crippen molar-refractivity contribution < 1.29 is 28.4 Å². The van der Waals surface area contributed by atoms with Crippen molar-refractivity contribution in [3.05, 3.63) is 64.5 Å². The minimum Gasteiger partial charge on any atom is -0.465 e. The molecule has 10 heteroatoms. The quantitative estimate of drug-likeness (QED) is 0.476. The second-order valence-electron chi connectivity index (χ2n) is 7.05. The third-order valence-electron chi connectivity index (χ3n) is 4.60. The van der Waals surface area contributed by atoms with E-state index in [1.165, 1.54) is 25.3 Å². The zero-order chi connectivity index (χ0) is 24.0. The number of hydrogen-bond acceptors (Lipinski definition) is 7. The van der Waals surface area contributed by atoms with Crippen molar-refractivity contribution in [1.29, 1.82) is 0 Å². The van der Waals surface area contributed by atoms with Gasteiger partial charge in [0.1, 0.15) is 19.0 Å². The number of hydrogen-bond donors (Lipinski definition) is 2. The number of carbonyl (C=O) groups excluding carboxylic acids is 3. The van der Waals surface area contributed by atoms with Crippen molar-refractivity contribution in [2.45, 2.75) is 13.8 Å². The number of amides is 2. The van der Waals surface area contributed by atoms with E-state index in [4.69, 9.17) is 20.9 Å². The Morgan fingerprint density at radius 2 is 1.76 bits per heavy atom. The molecule has 172 valence electrons. The van der Waals surface area contributed by atoms with Crippen molar-refractivity contribution in [1.82, 2.24) is 5.16 Å². The number of ether oxygens (including phenoxy) is 2. The molecule has 3 rings (SSSR count). The normalized spacial score (nSPS) is 10.5. The highest BCUT2D eigenvalue weighted by Gasteiger charge is 2.16. The molecule has 1 heterocycles. The van der Waals surface area contributed by atoms with Gasteiger partial charge >= 0.3 is 5.97 Å². The van der Waals surface area contributed by atoms with Crippen LogP contribution in [0.15, 0.2) is 47.0 Å². The molecular weight excluding hydrogens is 450 g/mol. The lowest BCUT2D eigenvalue weighted by atomic mass is 10.0. The van der Waals surface area contributed by atoms with E-state index in [-0.39, 0.29) is 17.9 Å². The summed E-state index contributed by atoms with van der Waals surface area (Å²) in [6.45, 7) is 2.93.